The average Bonchev–Trinajstić information content (AvgIpc) is 2.96. The third-order valence-corrected chi connectivity index (χ3v) is 7.89. The Morgan fingerprint density at radius 3 is 2.28 bits per heavy atom. The number of amides is 1. The van der Waals surface area contributed by atoms with Crippen molar-refractivity contribution in [3.63, 3.8) is 0 Å². The largest absolute Gasteiger partial charge is 0.493 e. The van der Waals surface area contributed by atoms with Gasteiger partial charge in [-0.2, -0.15) is 13.2 Å². The number of hydrogen-bond acceptors (Lipinski definition) is 6. The smallest absolute Gasteiger partial charge is 0.416 e. The van der Waals surface area contributed by atoms with E-state index in [1.54, 1.807) is 46.2 Å². The van der Waals surface area contributed by atoms with Crippen molar-refractivity contribution >= 4 is 16.9 Å². The van der Waals surface area contributed by atoms with Crippen molar-refractivity contribution in [3.05, 3.63) is 71.8 Å². The summed E-state index contributed by atoms with van der Waals surface area (Å²) < 4.78 is 70.8. The van der Waals surface area contributed by atoms with Gasteiger partial charge in [-0.25, -0.2) is 14.0 Å². The molecular weight excluding hydrogens is 537 g/mol. The highest BCUT2D eigenvalue weighted by atomic mass is 32.2. The molecule has 0 bridgehead atoms. The quantitative estimate of drug-likeness (QED) is 0.293. The van der Waals surface area contributed by atoms with Crippen LogP contribution in [0.2, 0.25) is 0 Å². The van der Waals surface area contributed by atoms with Crippen LogP contribution in [-0.4, -0.2) is 53.0 Å². The van der Waals surface area contributed by atoms with Crippen LogP contribution in [0, 0.1) is 0 Å². The number of alkyl halides is 3. The van der Waals surface area contributed by atoms with Gasteiger partial charge in [0.1, 0.15) is 28.4 Å². The van der Waals surface area contributed by atoms with Gasteiger partial charge in [-0.15, -0.1) is 0 Å². The summed E-state index contributed by atoms with van der Waals surface area (Å²) in [7, 11) is 1.01. The molecule has 1 amide bonds. The lowest BCUT2D eigenvalue weighted by atomic mass is 10.0. The summed E-state index contributed by atoms with van der Waals surface area (Å²) in [4.78, 5) is 12.6. The number of halogens is 3. The van der Waals surface area contributed by atoms with Crippen LogP contribution in [0.5, 0.6) is 17.2 Å². The average molecular weight is 565 g/mol. The Morgan fingerprint density at radius 1 is 1.00 bits per heavy atom. The third kappa shape index (κ3) is 6.35. The van der Waals surface area contributed by atoms with Crippen LogP contribution < -0.4 is 19.7 Å². The molecule has 3 aromatic rings. The summed E-state index contributed by atoms with van der Waals surface area (Å²) in [5.41, 5.74) is 1.86. The van der Waals surface area contributed by atoms with E-state index in [9.17, 15) is 27.4 Å². The van der Waals surface area contributed by atoms with Crippen LogP contribution in [0.3, 0.4) is 0 Å². The topological polar surface area (TPSA) is 97.3 Å². The zero-order valence-corrected chi connectivity index (χ0v) is 22.0. The highest BCUT2D eigenvalue weighted by Crippen LogP contribution is 2.36. The molecule has 0 radical (unpaired) electrons. The van der Waals surface area contributed by atoms with Crippen LogP contribution in [0.1, 0.15) is 28.8 Å². The molecule has 0 spiro atoms. The molecule has 0 aliphatic carbocycles. The fraction of sp³-hybridized carbons (Fsp3) is 0.296. The number of nitrogens with zero attached hydrogens (tertiary/aromatic N) is 1. The zero-order chi connectivity index (χ0) is 28.2. The summed E-state index contributed by atoms with van der Waals surface area (Å²) in [6.45, 7) is 0.822. The minimum absolute atomic E-state index is 0.0571. The van der Waals surface area contributed by atoms with Crippen molar-refractivity contribution < 1.29 is 41.6 Å². The number of methoxy groups -OCH3 is 2. The number of hydrogen-bond donors (Lipinski definition) is 2. The van der Waals surface area contributed by atoms with Gasteiger partial charge < -0.3 is 14.2 Å². The molecule has 1 atom stereocenters. The number of carbonyl (C=O) groups is 1. The Kier molecular flexibility index (Phi) is 8.78. The Hall–Kier alpha value is -3.61. The highest BCUT2D eigenvalue weighted by molar-refractivity contribution is 7.82. The monoisotopic (exact) mass is 564 g/mol. The maximum absolute atomic E-state index is 13.4. The Bertz CT molecular complexity index is 1340. The summed E-state index contributed by atoms with van der Waals surface area (Å²) in [5.74, 6) is 0.0118. The molecule has 39 heavy (non-hydrogen) atoms. The predicted octanol–water partition coefficient (Wildman–Crippen LogP) is 5.07. The van der Waals surface area contributed by atoms with Crippen LogP contribution >= 0.6 is 0 Å². The summed E-state index contributed by atoms with van der Waals surface area (Å²) in [5, 5.41) is 9.22. The van der Waals surface area contributed by atoms with E-state index in [1.165, 1.54) is 26.4 Å². The van der Waals surface area contributed by atoms with Crippen LogP contribution in [0.25, 0.3) is 11.1 Å². The number of nitrogens with one attached hydrogen (secondary N) is 1. The van der Waals surface area contributed by atoms with Crippen LogP contribution in [-0.2, 0) is 17.2 Å². The van der Waals surface area contributed by atoms with Gasteiger partial charge in [0.2, 0.25) is 0 Å². The van der Waals surface area contributed by atoms with E-state index in [0.717, 1.165) is 12.1 Å². The first-order chi connectivity index (χ1) is 18.7. The fourth-order valence-corrected chi connectivity index (χ4v) is 5.74. The summed E-state index contributed by atoms with van der Waals surface area (Å²) >= 11 is 0. The lowest BCUT2D eigenvalue weighted by Crippen LogP contribution is -2.39. The van der Waals surface area contributed by atoms with Crippen LogP contribution in [0.15, 0.2) is 65.6 Å². The molecule has 1 saturated heterocycles. The standard InChI is InChI=1S/C27H27F3N2O6S/c1-36-22-10-11-23(24(25(22)37-2)26(33)31-34)39(35)32-14-12-21(13-15-32)38-20-8-6-17(7-9-20)18-4-3-5-19(16-18)27(28,29)30/h3-11,16,21,34H,12-15H2,1-2H3,(H,31,33). The van der Waals surface area contributed by atoms with Crippen LogP contribution in [0.4, 0.5) is 13.2 Å². The van der Waals surface area contributed by atoms with Gasteiger partial charge in [0.15, 0.2) is 11.5 Å². The van der Waals surface area contributed by atoms with E-state index in [4.69, 9.17) is 14.2 Å². The molecule has 2 N–H and O–H groups in total. The highest BCUT2D eigenvalue weighted by Gasteiger charge is 2.31. The van der Waals surface area contributed by atoms with Crippen molar-refractivity contribution in [1.82, 2.24) is 9.79 Å². The maximum atomic E-state index is 13.4. The molecule has 1 fully saturated rings. The SMILES string of the molecule is COc1ccc(S(=O)N2CCC(Oc3ccc(-c4cccc(C(F)(F)F)c4)cc3)CC2)c(C(=O)NO)c1OC. The predicted molar refractivity (Wildman–Crippen MR) is 137 cm³/mol. The van der Waals surface area contributed by atoms with E-state index in [2.05, 4.69) is 0 Å². The summed E-state index contributed by atoms with van der Waals surface area (Å²) in [6.07, 6.45) is -3.47. The van der Waals surface area contributed by atoms with Crippen molar-refractivity contribution in [3.8, 4) is 28.4 Å². The van der Waals surface area contributed by atoms with Crippen molar-refractivity contribution in [2.75, 3.05) is 27.3 Å². The molecule has 1 heterocycles. The molecule has 0 saturated carbocycles. The van der Waals surface area contributed by atoms with Gasteiger partial charge >= 0.3 is 6.18 Å². The van der Waals surface area contributed by atoms with Gasteiger partial charge in [-0.1, -0.05) is 24.3 Å². The third-order valence-electron chi connectivity index (χ3n) is 6.34. The minimum Gasteiger partial charge on any atom is -0.493 e. The molecule has 3 aromatic carbocycles. The van der Waals surface area contributed by atoms with Crippen molar-refractivity contribution in [1.29, 1.82) is 0 Å². The van der Waals surface area contributed by atoms with Gasteiger partial charge in [-0.05, 0) is 60.4 Å². The summed E-state index contributed by atoms with van der Waals surface area (Å²) in [6, 6.07) is 15.0. The molecule has 1 unspecified atom stereocenters. The van der Waals surface area contributed by atoms with E-state index < -0.39 is 28.6 Å². The number of hydroxylamine groups is 1. The molecule has 0 aromatic heterocycles. The first-order valence-electron chi connectivity index (χ1n) is 12.0. The fourth-order valence-electron chi connectivity index (χ4n) is 4.37. The first kappa shape index (κ1) is 28.4. The lowest BCUT2D eigenvalue weighted by Gasteiger charge is -2.31. The van der Waals surface area contributed by atoms with Crippen molar-refractivity contribution in [2.24, 2.45) is 0 Å². The van der Waals surface area contributed by atoms with E-state index in [0.29, 0.717) is 42.8 Å². The van der Waals surface area contributed by atoms with E-state index in [1.807, 2.05) is 0 Å². The molecular formula is C27H27F3N2O6S. The Morgan fingerprint density at radius 2 is 1.69 bits per heavy atom. The molecule has 1 aliphatic heterocycles. The number of benzene rings is 3. The molecule has 1 aliphatic rings. The second-order valence-corrected chi connectivity index (χ2v) is 10.2. The van der Waals surface area contributed by atoms with Gasteiger partial charge in [0.25, 0.3) is 5.91 Å². The lowest BCUT2D eigenvalue weighted by molar-refractivity contribution is -0.137. The van der Waals surface area contributed by atoms with Crippen molar-refractivity contribution in [2.45, 2.75) is 30.0 Å². The number of ether oxygens (including phenoxy) is 3. The van der Waals surface area contributed by atoms with E-state index in [-0.39, 0.29) is 28.1 Å². The van der Waals surface area contributed by atoms with Gasteiger partial charge in [-0.3, -0.25) is 10.0 Å². The Labute approximate surface area is 225 Å². The number of rotatable bonds is 8. The normalized spacial score (nSPS) is 15.4. The van der Waals surface area contributed by atoms with E-state index >= 15 is 0 Å². The Balaban J connectivity index is 1.41. The second kappa shape index (κ2) is 12.1. The molecule has 4 rings (SSSR count). The van der Waals surface area contributed by atoms with Gasteiger partial charge in [0, 0.05) is 13.1 Å². The first-order valence-corrected chi connectivity index (χ1v) is 13.1. The maximum Gasteiger partial charge on any atom is 0.416 e. The number of carbonyl (C=O) groups excluding carboxylic acids is 1. The second-order valence-electron chi connectivity index (χ2n) is 8.71. The molecule has 208 valence electrons. The number of piperidine rings is 1. The minimum atomic E-state index is -4.41. The van der Waals surface area contributed by atoms with Gasteiger partial charge in [0.05, 0.1) is 24.7 Å². The molecule has 12 heteroatoms. The molecule has 8 nitrogen and oxygen atoms in total. The zero-order valence-electron chi connectivity index (χ0n) is 21.2.